The van der Waals surface area contributed by atoms with Crippen LogP contribution in [0.3, 0.4) is 0 Å². The largest absolute Gasteiger partial charge is 0.382 e. The van der Waals surface area contributed by atoms with E-state index in [0.29, 0.717) is 39.0 Å². The first-order valence-corrected chi connectivity index (χ1v) is 10.9. The van der Waals surface area contributed by atoms with E-state index in [2.05, 4.69) is 5.32 Å². The third-order valence-corrected chi connectivity index (χ3v) is 6.71. The highest BCUT2D eigenvalue weighted by atomic mass is 35.5. The highest BCUT2D eigenvalue weighted by Crippen LogP contribution is 2.31. The molecule has 0 atom stereocenters. The summed E-state index contributed by atoms with van der Waals surface area (Å²) in [5.41, 5.74) is -0.554. The number of carbonyl (C=O) groups excluding carboxylic acids is 1. The van der Waals surface area contributed by atoms with Gasteiger partial charge < -0.3 is 10.1 Å². The molecular formula is C17H24ClN3O6S. The van der Waals surface area contributed by atoms with E-state index in [9.17, 15) is 23.3 Å². The summed E-state index contributed by atoms with van der Waals surface area (Å²) < 4.78 is 32.1. The van der Waals surface area contributed by atoms with Crippen LogP contribution in [0.4, 0.5) is 5.69 Å². The summed E-state index contributed by atoms with van der Waals surface area (Å²) >= 11 is 5.76. The van der Waals surface area contributed by atoms with Gasteiger partial charge in [0.2, 0.25) is 15.9 Å². The first-order valence-electron chi connectivity index (χ1n) is 9.07. The van der Waals surface area contributed by atoms with E-state index in [-0.39, 0.29) is 34.8 Å². The molecule has 1 aromatic carbocycles. The van der Waals surface area contributed by atoms with E-state index >= 15 is 0 Å². The lowest BCUT2D eigenvalue weighted by molar-refractivity contribution is -0.387. The lowest BCUT2D eigenvalue weighted by Crippen LogP contribution is -2.43. The van der Waals surface area contributed by atoms with Crippen molar-refractivity contribution < 1.29 is 22.9 Å². The first-order chi connectivity index (χ1) is 13.3. The summed E-state index contributed by atoms with van der Waals surface area (Å²) in [5, 5.41) is 14.1. The fourth-order valence-electron chi connectivity index (χ4n) is 3.02. The van der Waals surface area contributed by atoms with Crippen molar-refractivity contribution in [3.05, 3.63) is 33.3 Å². The molecule has 1 aliphatic heterocycles. The summed E-state index contributed by atoms with van der Waals surface area (Å²) in [7, 11) is -4.05. The molecule has 0 spiro atoms. The standard InChI is InChI=1S/C17H24ClN3O6S/c1-2-27-11-3-8-19-17(22)13-6-9-20(10-7-13)28(25,26)16-5-4-14(18)12-15(16)21(23)24/h4-5,12-13H,2-3,6-11H2,1H3,(H,19,22). The highest BCUT2D eigenvalue weighted by molar-refractivity contribution is 7.89. The van der Waals surface area contributed by atoms with E-state index in [1.165, 1.54) is 10.4 Å². The number of nitrogens with one attached hydrogen (secondary N) is 1. The van der Waals surface area contributed by atoms with Crippen LogP contribution in [-0.2, 0) is 19.6 Å². The van der Waals surface area contributed by atoms with Gasteiger partial charge in [0.15, 0.2) is 4.90 Å². The molecule has 1 N–H and O–H groups in total. The Morgan fingerprint density at radius 2 is 2.07 bits per heavy atom. The fourth-order valence-corrected chi connectivity index (χ4v) is 4.80. The fraction of sp³-hybridized carbons (Fsp3) is 0.588. The number of benzene rings is 1. The Balaban J connectivity index is 1.97. The third-order valence-electron chi connectivity index (χ3n) is 4.53. The van der Waals surface area contributed by atoms with Gasteiger partial charge in [-0.1, -0.05) is 11.6 Å². The molecule has 0 aliphatic carbocycles. The van der Waals surface area contributed by atoms with E-state index in [4.69, 9.17) is 16.3 Å². The normalized spacial score (nSPS) is 16.1. The molecular weight excluding hydrogens is 410 g/mol. The van der Waals surface area contributed by atoms with Gasteiger partial charge in [-0.2, -0.15) is 4.31 Å². The van der Waals surface area contributed by atoms with Crippen LogP contribution < -0.4 is 5.32 Å². The van der Waals surface area contributed by atoms with E-state index in [1.54, 1.807) is 0 Å². The molecule has 156 valence electrons. The number of hydrogen-bond acceptors (Lipinski definition) is 6. The van der Waals surface area contributed by atoms with Gasteiger partial charge in [0.05, 0.1) is 4.92 Å². The number of nitro benzene ring substituents is 1. The van der Waals surface area contributed by atoms with Gasteiger partial charge in [-0.15, -0.1) is 0 Å². The molecule has 2 rings (SSSR count). The lowest BCUT2D eigenvalue weighted by atomic mass is 9.97. The van der Waals surface area contributed by atoms with Gasteiger partial charge in [0.25, 0.3) is 5.69 Å². The minimum Gasteiger partial charge on any atom is -0.382 e. The SMILES string of the molecule is CCOCCCNC(=O)C1CCN(S(=O)(=O)c2ccc(Cl)cc2[N+](=O)[O-])CC1. The zero-order valence-corrected chi connectivity index (χ0v) is 17.2. The maximum Gasteiger partial charge on any atom is 0.290 e. The monoisotopic (exact) mass is 433 g/mol. The van der Waals surface area contributed by atoms with Gasteiger partial charge in [-0.25, -0.2) is 8.42 Å². The minimum atomic E-state index is -4.05. The Bertz CT molecular complexity index is 809. The number of carbonyl (C=O) groups is 1. The van der Waals surface area contributed by atoms with Crippen LogP contribution in [0.1, 0.15) is 26.2 Å². The molecule has 0 unspecified atom stereocenters. The van der Waals surface area contributed by atoms with Gasteiger partial charge >= 0.3 is 0 Å². The lowest BCUT2D eigenvalue weighted by Gasteiger charge is -2.30. The van der Waals surface area contributed by atoms with E-state index < -0.39 is 20.6 Å². The van der Waals surface area contributed by atoms with Crippen LogP contribution >= 0.6 is 11.6 Å². The first kappa shape index (κ1) is 22.5. The summed E-state index contributed by atoms with van der Waals surface area (Å²) in [4.78, 5) is 22.3. The Hall–Kier alpha value is -1.75. The molecule has 1 amide bonds. The number of amides is 1. The molecule has 11 heteroatoms. The van der Waals surface area contributed by atoms with Gasteiger partial charge in [0.1, 0.15) is 0 Å². The van der Waals surface area contributed by atoms with Gasteiger partial charge in [-0.3, -0.25) is 14.9 Å². The van der Waals surface area contributed by atoms with Crippen LogP contribution in [0.2, 0.25) is 5.02 Å². The van der Waals surface area contributed by atoms with Crippen LogP contribution in [0.15, 0.2) is 23.1 Å². The summed E-state index contributed by atoms with van der Waals surface area (Å²) in [6.45, 7) is 3.87. The van der Waals surface area contributed by atoms with Crippen LogP contribution in [0.25, 0.3) is 0 Å². The topological polar surface area (TPSA) is 119 Å². The summed E-state index contributed by atoms with van der Waals surface area (Å²) in [6, 6.07) is 3.48. The molecule has 0 saturated carbocycles. The predicted molar refractivity (Wildman–Crippen MR) is 104 cm³/mol. The molecule has 0 aromatic heterocycles. The average molecular weight is 434 g/mol. The number of nitro groups is 1. The minimum absolute atomic E-state index is 0.0883. The third kappa shape index (κ3) is 5.63. The van der Waals surface area contributed by atoms with E-state index in [1.807, 2.05) is 6.92 Å². The molecule has 0 bridgehead atoms. The maximum absolute atomic E-state index is 12.8. The number of hydrogen-bond donors (Lipinski definition) is 1. The molecule has 0 radical (unpaired) electrons. The number of sulfonamides is 1. The zero-order chi connectivity index (χ0) is 20.7. The Kier molecular flexibility index (Phi) is 8.17. The second-order valence-electron chi connectivity index (χ2n) is 6.39. The van der Waals surface area contributed by atoms with Crippen molar-refractivity contribution in [3.8, 4) is 0 Å². The quantitative estimate of drug-likeness (QED) is 0.362. The second-order valence-corrected chi connectivity index (χ2v) is 8.73. The Morgan fingerprint density at radius 1 is 1.39 bits per heavy atom. The molecule has 1 saturated heterocycles. The number of nitrogens with zero attached hydrogens (tertiary/aromatic N) is 2. The second kappa shape index (κ2) is 10.1. The van der Waals surface area contributed by atoms with Crippen LogP contribution in [0, 0.1) is 16.0 Å². The van der Waals surface area contributed by atoms with Crippen molar-refractivity contribution in [1.29, 1.82) is 0 Å². The van der Waals surface area contributed by atoms with Crippen LogP contribution in [0.5, 0.6) is 0 Å². The summed E-state index contributed by atoms with van der Waals surface area (Å²) in [6.07, 6.45) is 1.43. The number of rotatable bonds is 9. The van der Waals surface area contributed by atoms with Crippen molar-refractivity contribution >= 4 is 33.2 Å². The van der Waals surface area contributed by atoms with Crippen LogP contribution in [-0.4, -0.2) is 56.4 Å². The van der Waals surface area contributed by atoms with Gasteiger partial charge in [-0.05, 0) is 38.3 Å². The molecule has 1 aromatic rings. The van der Waals surface area contributed by atoms with Crippen molar-refractivity contribution in [1.82, 2.24) is 9.62 Å². The predicted octanol–water partition coefficient (Wildman–Crippen LogP) is 2.19. The number of piperidine rings is 1. The Morgan fingerprint density at radius 3 is 2.68 bits per heavy atom. The van der Waals surface area contributed by atoms with Gasteiger partial charge in [0, 0.05) is 49.9 Å². The van der Waals surface area contributed by atoms with Crippen molar-refractivity contribution in [2.45, 2.75) is 31.1 Å². The number of halogens is 1. The molecule has 1 heterocycles. The molecule has 1 aliphatic rings. The Labute approximate surface area is 169 Å². The smallest absolute Gasteiger partial charge is 0.290 e. The average Bonchev–Trinajstić information content (AvgIpc) is 2.67. The number of ether oxygens (including phenoxy) is 1. The highest BCUT2D eigenvalue weighted by Gasteiger charge is 2.35. The van der Waals surface area contributed by atoms with Crippen molar-refractivity contribution in [2.75, 3.05) is 32.8 Å². The molecule has 9 nitrogen and oxygen atoms in total. The zero-order valence-electron chi connectivity index (χ0n) is 15.6. The summed E-state index contributed by atoms with van der Waals surface area (Å²) in [5.74, 6) is -0.384. The maximum atomic E-state index is 12.8. The molecule has 28 heavy (non-hydrogen) atoms. The van der Waals surface area contributed by atoms with Crippen molar-refractivity contribution in [3.63, 3.8) is 0 Å². The molecule has 1 fully saturated rings. The van der Waals surface area contributed by atoms with Crippen molar-refractivity contribution in [2.24, 2.45) is 5.92 Å². The van der Waals surface area contributed by atoms with E-state index in [0.717, 1.165) is 12.1 Å².